The van der Waals surface area contributed by atoms with Gasteiger partial charge in [0.25, 0.3) is 5.91 Å². The average Bonchev–Trinajstić information content (AvgIpc) is 3.24. The summed E-state index contributed by atoms with van der Waals surface area (Å²) >= 11 is 0. The van der Waals surface area contributed by atoms with Gasteiger partial charge in [0.15, 0.2) is 0 Å². The van der Waals surface area contributed by atoms with Crippen LogP contribution >= 0.6 is 0 Å². The van der Waals surface area contributed by atoms with Gasteiger partial charge in [-0.2, -0.15) is 0 Å². The van der Waals surface area contributed by atoms with Crippen LogP contribution in [0.15, 0.2) is 30.5 Å². The van der Waals surface area contributed by atoms with E-state index in [1.165, 1.54) is 6.42 Å². The van der Waals surface area contributed by atoms with Crippen molar-refractivity contribution >= 4 is 11.8 Å². The number of nitrogens with one attached hydrogen (secondary N) is 2. The van der Waals surface area contributed by atoms with E-state index < -0.39 is 6.04 Å². The summed E-state index contributed by atoms with van der Waals surface area (Å²) in [6, 6.07) is 5.66. The van der Waals surface area contributed by atoms with Crippen LogP contribution in [0.1, 0.15) is 61.9 Å². The Balaban J connectivity index is 1.43. The maximum Gasteiger partial charge on any atom is 0.255 e. The van der Waals surface area contributed by atoms with Gasteiger partial charge in [0.2, 0.25) is 5.91 Å². The first-order valence-corrected chi connectivity index (χ1v) is 10.7. The van der Waals surface area contributed by atoms with Crippen molar-refractivity contribution in [2.45, 2.75) is 70.7 Å². The molecular formula is C23H31N3O3. The smallest absolute Gasteiger partial charge is 0.255 e. The van der Waals surface area contributed by atoms with E-state index in [0.717, 1.165) is 36.4 Å². The molecule has 2 heterocycles. The predicted molar refractivity (Wildman–Crippen MR) is 112 cm³/mol. The van der Waals surface area contributed by atoms with Crippen LogP contribution in [0.2, 0.25) is 0 Å². The van der Waals surface area contributed by atoms with E-state index in [1.54, 1.807) is 4.90 Å². The summed E-state index contributed by atoms with van der Waals surface area (Å²) in [6.07, 6.45) is 4.84. The molecule has 2 N–H and O–H groups in total. The Bertz CT molecular complexity index is 820. The molecule has 0 bridgehead atoms. The highest BCUT2D eigenvalue weighted by Gasteiger charge is 2.38. The molecule has 2 fully saturated rings. The molecule has 1 aromatic rings. The van der Waals surface area contributed by atoms with Crippen molar-refractivity contribution in [2.75, 3.05) is 6.54 Å². The van der Waals surface area contributed by atoms with Crippen molar-refractivity contribution in [3.05, 3.63) is 41.6 Å². The third kappa shape index (κ3) is 4.17. The zero-order chi connectivity index (χ0) is 20.5. The Hall–Kier alpha value is -2.34. The maximum atomic E-state index is 12.9. The number of benzene rings is 1. The Labute approximate surface area is 172 Å². The van der Waals surface area contributed by atoms with Crippen molar-refractivity contribution in [2.24, 2.45) is 5.92 Å². The number of hydrogen-bond donors (Lipinski definition) is 2. The summed E-state index contributed by atoms with van der Waals surface area (Å²) in [5.74, 6) is 1.21. The molecule has 1 saturated carbocycles. The summed E-state index contributed by atoms with van der Waals surface area (Å²) in [4.78, 5) is 26.9. The summed E-state index contributed by atoms with van der Waals surface area (Å²) in [5.41, 5.74) is 2.34. The summed E-state index contributed by atoms with van der Waals surface area (Å²) in [5, 5.41) is 6.41. The normalized spacial score (nSPS) is 26.8. The van der Waals surface area contributed by atoms with Crippen LogP contribution < -0.4 is 15.4 Å². The van der Waals surface area contributed by atoms with Crippen LogP contribution in [0.25, 0.3) is 0 Å². The molecule has 6 nitrogen and oxygen atoms in total. The van der Waals surface area contributed by atoms with Crippen molar-refractivity contribution in [1.29, 1.82) is 0 Å². The van der Waals surface area contributed by atoms with Gasteiger partial charge in [-0.1, -0.05) is 20.4 Å². The van der Waals surface area contributed by atoms with Crippen molar-refractivity contribution in [3.63, 3.8) is 0 Å². The molecule has 29 heavy (non-hydrogen) atoms. The second-order valence-electron chi connectivity index (χ2n) is 8.90. The molecule has 3 unspecified atom stereocenters. The summed E-state index contributed by atoms with van der Waals surface area (Å²) in [6.45, 7) is 9.69. The largest absolute Gasteiger partial charge is 0.489 e. The Morgan fingerprint density at radius 3 is 2.86 bits per heavy atom. The number of carbonyl (C=O) groups excluding carboxylic acids is 2. The number of nitrogens with zero attached hydrogens (tertiary/aromatic N) is 1. The lowest BCUT2D eigenvalue weighted by Gasteiger charge is -2.30. The monoisotopic (exact) mass is 397 g/mol. The zero-order valence-corrected chi connectivity index (χ0v) is 17.4. The minimum atomic E-state index is -0.427. The van der Waals surface area contributed by atoms with Crippen LogP contribution in [-0.4, -0.2) is 41.4 Å². The van der Waals surface area contributed by atoms with E-state index in [9.17, 15) is 9.59 Å². The van der Waals surface area contributed by atoms with Crippen LogP contribution in [0.4, 0.5) is 0 Å². The van der Waals surface area contributed by atoms with E-state index in [0.29, 0.717) is 36.9 Å². The highest BCUT2D eigenvalue weighted by Crippen LogP contribution is 2.32. The van der Waals surface area contributed by atoms with Gasteiger partial charge in [-0.3, -0.25) is 9.59 Å². The zero-order valence-electron chi connectivity index (χ0n) is 17.4. The third-order valence-corrected chi connectivity index (χ3v) is 6.14. The highest BCUT2D eigenvalue weighted by atomic mass is 16.5. The van der Waals surface area contributed by atoms with Crippen LogP contribution in [0.5, 0.6) is 5.75 Å². The topological polar surface area (TPSA) is 70.7 Å². The number of rotatable bonds is 6. The molecule has 1 aromatic carbocycles. The molecule has 1 saturated heterocycles. The number of piperidine rings is 1. The van der Waals surface area contributed by atoms with Gasteiger partial charge in [-0.25, -0.2) is 0 Å². The molecular weight excluding hydrogens is 366 g/mol. The fourth-order valence-corrected chi connectivity index (χ4v) is 4.57. The van der Waals surface area contributed by atoms with Gasteiger partial charge in [-0.15, -0.1) is 0 Å². The first-order chi connectivity index (χ1) is 13.9. The number of hydrogen-bond acceptors (Lipinski definition) is 4. The van der Waals surface area contributed by atoms with Crippen molar-refractivity contribution in [1.82, 2.24) is 15.5 Å². The lowest BCUT2D eigenvalue weighted by atomic mass is 10.0. The quantitative estimate of drug-likeness (QED) is 0.774. The van der Waals surface area contributed by atoms with E-state index >= 15 is 0 Å². The minimum Gasteiger partial charge on any atom is -0.489 e. The lowest BCUT2D eigenvalue weighted by molar-refractivity contribution is -0.126. The van der Waals surface area contributed by atoms with Crippen LogP contribution in [-0.2, 0) is 11.3 Å². The van der Waals surface area contributed by atoms with Crippen LogP contribution in [0.3, 0.4) is 0 Å². The lowest BCUT2D eigenvalue weighted by Crippen LogP contribution is -2.49. The fraction of sp³-hybridized carbons (Fsp3) is 0.565. The number of amides is 2. The molecule has 3 atom stereocenters. The second-order valence-corrected chi connectivity index (χ2v) is 8.90. The van der Waals surface area contributed by atoms with Gasteiger partial charge in [0.1, 0.15) is 17.9 Å². The first-order valence-electron chi connectivity index (χ1n) is 10.7. The molecule has 1 aliphatic carbocycles. The van der Waals surface area contributed by atoms with E-state index in [2.05, 4.69) is 31.1 Å². The molecule has 3 aliphatic rings. The molecule has 4 rings (SSSR count). The third-order valence-electron chi connectivity index (χ3n) is 6.14. The highest BCUT2D eigenvalue weighted by molar-refractivity contribution is 6.01. The maximum absolute atomic E-state index is 12.9. The SMILES string of the molecule is C=C1CCC(N2Cc3cc(OC4CCCC4NCC(C)C)ccc3C2=O)C(=O)N1. The number of carbonyl (C=O) groups is 2. The Morgan fingerprint density at radius 2 is 2.10 bits per heavy atom. The molecule has 156 valence electrons. The minimum absolute atomic E-state index is 0.0726. The summed E-state index contributed by atoms with van der Waals surface area (Å²) < 4.78 is 6.31. The number of fused-ring (bicyclic) bond motifs is 1. The second kappa shape index (κ2) is 8.19. The molecule has 0 spiro atoms. The van der Waals surface area contributed by atoms with Crippen LogP contribution in [0, 0.1) is 5.92 Å². The summed E-state index contributed by atoms with van der Waals surface area (Å²) in [7, 11) is 0. The van der Waals surface area contributed by atoms with E-state index in [-0.39, 0.29) is 17.9 Å². The number of allylic oxidation sites excluding steroid dienone is 1. The molecule has 2 amide bonds. The molecule has 2 aliphatic heterocycles. The van der Waals surface area contributed by atoms with Crippen molar-refractivity contribution in [3.8, 4) is 5.75 Å². The molecule has 6 heteroatoms. The van der Waals surface area contributed by atoms with Gasteiger partial charge < -0.3 is 20.3 Å². The van der Waals surface area contributed by atoms with E-state index in [4.69, 9.17) is 4.74 Å². The number of ether oxygens (including phenoxy) is 1. The standard InChI is InChI=1S/C23H31N3O3/c1-14(2)12-24-19-5-4-6-21(19)29-17-8-9-18-16(11-17)13-26(23(18)28)20-10-7-15(3)25-22(20)27/h8-9,11,14,19-21,24H,3-7,10,12-13H2,1-2H3,(H,25,27). The van der Waals surface area contributed by atoms with Gasteiger partial charge in [0.05, 0.1) is 0 Å². The first kappa shape index (κ1) is 20.0. The van der Waals surface area contributed by atoms with Crippen molar-refractivity contribution < 1.29 is 14.3 Å². The molecule has 0 aromatic heterocycles. The molecule has 0 radical (unpaired) electrons. The Kier molecular flexibility index (Phi) is 5.63. The van der Waals surface area contributed by atoms with E-state index in [1.807, 2.05) is 18.2 Å². The predicted octanol–water partition coefficient (Wildman–Crippen LogP) is 2.98. The fourth-order valence-electron chi connectivity index (χ4n) is 4.57. The van der Waals surface area contributed by atoms with Gasteiger partial charge in [-0.05, 0) is 68.3 Å². The van der Waals surface area contributed by atoms with Gasteiger partial charge in [0, 0.05) is 23.8 Å². The Morgan fingerprint density at radius 1 is 1.28 bits per heavy atom. The average molecular weight is 398 g/mol. The van der Waals surface area contributed by atoms with Gasteiger partial charge >= 0.3 is 0 Å².